The summed E-state index contributed by atoms with van der Waals surface area (Å²) in [6.07, 6.45) is 2.18. The van der Waals surface area contributed by atoms with Crippen LogP contribution in [0.1, 0.15) is 18.1 Å². The number of amides is 1. The lowest BCUT2D eigenvalue weighted by Crippen LogP contribution is -2.26. The molecule has 5 heteroatoms. The molecule has 1 aromatic heterocycles. The fourth-order valence-corrected chi connectivity index (χ4v) is 1.10. The van der Waals surface area contributed by atoms with Gasteiger partial charge in [-0.05, 0) is 6.92 Å². The molecule has 15 heavy (non-hydrogen) atoms. The van der Waals surface area contributed by atoms with Crippen LogP contribution in [0.4, 0.5) is 0 Å². The van der Waals surface area contributed by atoms with Crippen molar-refractivity contribution in [1.29, 1.82) is 0 Å². The van der Waals surface area contributed by atoms with Crippen molar-refractivity contribution in [3.05, 3.63) is 17.8 Å². The molecule has 1 amide bonds. The summed E-state index contributed by atoms with van der Waals surface area (Å²) in [5.41, 5.74) is 0. The molecule has 1 rings (SSSR count). The Balaban J connectivity index is 2.15. The second-order valence-electron chi connectivity index (χ2n) is 3.58. The summed E-state index contributed by atoms with van der Waals surface area (Å²) in [5, 5.41) is 3.10. The number of aryl methyl sites for hydroxylation is 1. The predicted molar refractivity (Wildman–Crippen MR) is 56.3 cm³/mol. The van der Waals surface area contributed by atoms with Gasteiger partial charge >= 0.3 is 0 Å². The van der Waals surface area contributed by atoms with Crippen molar-refractivity contribution in [3.63, 3.8) is 0 Å². The molecule has 1 heterocycles. The maximum Gasteiger partial charge on any atom is 0.223 e. The summed E-state index contributed by atoms with van der Waals surface area (Å²) in [5.74, 6) is 1.58. The summed E-state index contributed by atoms with van der Waals surface area (Å²) in [7, 11) is 3.50. The molecule has 0 saturated heterocycles. The molecule has 0 bridgehead atoms. The van der Waals surface area contributed by atoms with Gasteiger partial charge in [0.25, 0.3) is 0 Å². The normalized spacial score (nSPS) is 10.3. The number of hydrogen-bond donors (Lipinski definition) is 1. The fraction of sp³-hybridized carbons (Fsp3) is 0.600. The predicted octanol–water partition coefficient (Wildman–Crippen LogP) is 0.551. The van der Waals surface area contributed by atoms with Crippen LogP contribution in [-0.4, -0.2) is 36.4 Å². The van der Waals surface area contributed by atoms with Crippen LogP contribution >= 0.6 is 0 Å². The molecular weight excluding hydrogens is 194 g/mol. The first-order chi connectivity index (χ1) is 7.09. The first-order valence-electron chi connectivity index (χ1n) is 4.92. The quantitative estimate of drug-likeness (QED) is 0.723. The SMILES string of the molecule is Cc1cnc(CNCCC(=O)N(C)C)o1. The molecule has 1 aromatic rings. The number of hydrogen-bond acceptors (Lipinski definition) is 4. The minimum absolute atomic E-state index is 0.117. The number of rotatable bonds is 5. The third kappa shape index (κ3) is 4.12. The zero-order chi connectivity index (χ0) is 11.3. The largest absolute Gasteiger partial charge is 0.445 e. The lowest BCUT2D eigenvalue weighted by molar-refractivity contribution is -0.128. The van der Waals surface area contributed by atoms with Crippen LogP contribution in [0, 0.1) is 6.92 Å². The molecule has 0 fully saturated rings. The Labute approximate surface area is 89.5 Å². The third-order valence-electron chi connectivity index (χ3n) is 1.96. The van der Waals surface area contributed by atoms with E-state index >= 15 is 0 Å². The number of nitrogens with one attached hydrogen (secondary N) is 1. The molecule has 0 radical (unpaired) electrons. The first kappa shape index (κ1) is 11.7. The van der Waals surface area contributed by atoms with Crippen molar-refractivity contribution in [2.24, 2.45) is 0 Å². The molecular formula is C10H17N3O2. The van der Waals surface area contributed by atoms with Crippen molar-refractivity contribution in [2.75, 3.05) is 20.6 Å². The van der Waals surface area contributed by atoms with Crippen molar-refractivity contribution in [1.82, 2.24) is 15.2 Å². The standard InChI is InChI=1S/C10H17N3O2/c1-8-6-12-9(15-8)7-11-5-4-10(14)13(2)3/h6,11H,4-5,7H2,1-3H3. The van der Waals surface area contributed by atoms with Gasteiger partial charge in [-0.2, -0.15) is 0 Å². The summed E-state index contributed by atoms with van der Waals surface area (Å²) < 4.78 is 5.27. The van der Waals surface area contributed by atoms with Crippen molar-refractivity contribution in [2.45, 2.75) is 19.9 Å². The highest BCUT2D eigenvalue weighted by molar-refractivity contribution is 5.75. The van der Waals surface area contributed by atoms with Gasteiger partial charge in [0, 0.05) is 27.1 Å². The van der Waals surface area contributed by atoms with Gasteiger partial charge in [0.1, 0.15) is 5.76 Å². The van der Waals surface area contributed by atoms with Crippen LogP contribution in [-0.2, 0) is 11.3 Å². The van der Waals surface area contributed by atoms with E-state index in [4.69, 9.17) is 4.42 Å². The monoisotopic (exact) mass is 211 g/mol. The molecule has 1 N–H and O–H groups in total. The lowest BCUT2D eigenvalue weighted by Gasteiger charge is -2.09. The molecule has 0 aliphatic heterocycles. The van der Waals surface area contributed by atoms with Crippen molar-refractivity contribution in [3.8, 4) is 0 Å². The van der Waals surface area contributed by atoms with Gasteiger partial charge in [0.2, 0.25) is 11.8 Å². The summed E-state index contributed by atoms with van der Waals surface area (Å²) in [4.78, 5) is 16.8. The summed E-state index contributed by atoms with van der Waals surface area (Å²) >= 11 is 0. The van der Waals surface area contributed by atoms with Gasteiger partial charge < -0.3 is 14.6 Å². The molecule has 84 valence electrons. The van der Waals surface area contributed by atoms with Gasteiger partial charge in [0.05, 0.1) is 12.7 Å². The molecule has 0 aromatic carbocycles. The second kappa shape index (κ2) is 5.50. The number of aromatic nitrogens is 1. The minimum Gasteiger partial charge on any atom is -0.445 e. The average Bonchev–Trinajstić information content (AvgIpc) is 2.58. The molecule has 0 spiro atoms. The molecule has 0 aliphatic carbocycles. The molecule has 0 saturated carbocycles. The Kier molecular flexibility index (Phi) is 4.30. The maximum absolute atomic E-state index is 11.2. The number of nitrogens with zero attached hydrogens (tertiary/aromatic N) is 2. The van der Waals surface area contributed by atoms with Crippen LogP contribution in [0.15, 0.2) is 10.6 Å². The van der Waals surface area contributed by atoms with E-state index in [0.717, 1.165) is 5.76 Å². The second-order valence-corrected chi connectivity index (χ2v) is 3.58. The van der Waals surface area contributed by atoms with E-state index in [1.54, 1.807) is 25.2 Å². The highest BCUT2D eigenvalue weighted by atomic mass is 16.4. The van der Waals surface area contributed by atoms with E-state index in [1.807, 2.05) is 6.92 Å². The van der Waals surface area contributed by atoms with E-state index < -0.39 is 0 Å². The van der Waals surface area contributed by atoms with Crippen LogP contribution in [0.25, 0.3) is 0 Å². The number of carbonyl (C=O) groups is 1. The van der Waals surface area contributed by atoms with Gasteiger partial charge in [0.15, 0.2) is 0 Å². The average molecular weight is 211 g/mol. The Morgan fingerprint density at radius 2 is 2.33 bits per heavy atom. The van der Waals surface area contributed by atoms with Gasteiger partial charge in [-0.15, -0.1) is 0 Å². The molecule has 5 nitrogen and oxygen atoms in total. The highest BCUT2D eigenvalue weighted by Crippen LogP contribution is 2.00. The van der Waals surface area contributed by atoms with E-state index in [0.29, 0.717) is 25.4 Å². The van der Waals surface area contributed by atoms with E-state index in [9.17, 15) is 4.79 Å². The summed E-state index contributed by atoms with van der Waals surface area (Å²) in [6.45, 7) is 3.05. The number of carbonyl (C=O) groups excluding carboxylic acids is 1. The zero-order valence-corrected chi connectivity index (χ0v) is 9.41. The molecule has 0 aliphatic rings. The van der Waals surface area contributed by atoms with E-state index in [2.05, 4.69) is 10.3 Å². The van der Waals surface area contributed by atoms with Gasteiger partial charge in [-0.3, -0.25) is 4.79 Å². The smallest absolute Gasteiger partial charge is 0.223 e. The third-order valence-corrected chi connectivity index (χ3v) is 1.96. The van der Waals surface area contributed by atoms with Crippen LogP contribution in [0.3, 0.4) is 0 Å². The molecule has 0 unspecified atom stereocenters. The molecule has 0 atom stereocenters. The first-order valence-corrected chi connectivity index (χ1v) is 4.92. The fourth-order valence-electron chi connectivity index (χ4n) is 1.10. The minimum atomic E-state index is 0.117. The van der Waals surface area contributed by atoms with Crippen LogP contribution < -0.4 is 5.32 Å². The highest BCUT2D eigenvalue weighted by Gasteiger charge is 2.03. The Hall–Kier alpha value is -1.36. The Morgan fingerprint density at radius 3 is 2.87 bits per heavy atom. The van der Waals surface area contributed by atoms with Crippen molar-refractivity contribution >= 4 is 5.91 Å². The topological polar surface area (TPSA) is 58.4 Å². The van der Waals surface area contributed by atoms with E-state index in [1.165, 1.54) is 0 Å². The number of oxazole rings is 1. The summed E-state index contributed by atoms with van der Waals surface area (Å²) in [6, 6.07) is 0. The van der Waals surface area contributed by atoms with Gasteiger partial charge in [-0.25, -0.2) is 4.98 Å². The zero-order valence-electron chi connectivity index (χ0n) is 9.41. The van der Waals surface area contributed by atoms with Crippen molar-refractivity contribution < 1.29 is 9.21 Å². The van der Waals surface area contributed by atoms with Crippen LogP contribution in [0.2, 0.25) is 0 Å². The Morgan fingerprint density at radius 1 is 1.60 bits per heavy atom. The van der Waals surface area contributed by atoms with Crippen LogP contribution in [0.5, 0.6) is 0 Å². The van der Waals surface area contributed by atoms with E-state index in [-0.39, 0.29) is 5.91 Å². The maximum atomic E-state index is 11.2. The van der Waals surface area contributed by atoms with Gasteiger partial charge in [-0.1, -0.05) is 0 Å². The Bertz CT molecular complexity index is 320. The lowest BCUT2D eigenvalue weighted by atomic mass is 10.4.